The number of carbonyl (C=O) groups is 1. The van der Waals surface area contributed by atoms with Gasteiger partial charge in [-0.05, 0) is 6.26 Å². The summed E-state index contributed by atoms with van der Waals surface area (Å²) in [5, 5.41) is 0. The molecule has 0 heterocycles. The Hall–Kier alpha value is -0.670. The number of carbonyl (C=O) groups excluding carboxylic acids is 1. The second-order valence-corrected chi connectivity index (χ2v) is 4.19. The molecular weight excluding hydrogens is 200 g/mol. The molecule has 0 amide bonds. The molecule has 0 saturated heterocycles. The van der Waals surface area contributed by atoms with Crippen LogP contribution in [0.1, 0.15) is 16.8 Å². The van der Waals surface area contributed by atoms with Crippen LogP contribution in [-0.2, 0) is 0 Å². The second-order valence-electron chi connectivity index (χ2n) is 2.54. The van der Waals surface area contributed by atoms with Crippen LogP contribution >= 0.6 is 24.0 Å². The molecular formula is C10H10OS2. The maximum Gasteiger partial charge on any atom is 0.168 e. The largest absolute Gasteiger partial charge is 0.294 e. The Labute approximate surface area is 87.5 Å². The van der Waals surface area contributed by atoms with Gasteiger partial charge in [-0.3, -0.25) is 4.79 Å². The smallest absolute Gasteiger partial charge is 0.168 e. The zero-order chi connectivity index (χ0) is 9.68. The van der Waals surface area contributed by atoms with Crippen molar-refractivity contribution in [1.29, 1.82) is 0 Å². The summed E-state index contributed by atoms with van der Waals surface area (Å²) in [7, 11) is 0. The van der Waals surface area contributed by atoms with Crippen LogP contribution in [0.5, 0.6) is 0 Å². The number of thioether (sulfide) groups is 1. The standard InChI is InChI=1S/C10H10OS2/c1-13-10(12)7-9(11)8-5-3-2-4-6-8/h2-6H,7H2,1H3. The van der Waals surface area contributed by atoms with Crippen LogP contribution < -0.4 is 0 Å². The molecule has 1 nitrogen and oxygen atoms in total. The van der Waals surface area contributed by atoms with Gasteiger partial charge < -0.3 is 0 Å². The van der Waals surface area contributed by atoms with E-state index < -0.39 is 0 Å². The minimum atomic E-state index is 0.0972. The van der Waals surface area contributed by atoms with Crippen molar-refractivity contribution in [3.63, 3.8) is 0 Å². The van der Waals surface area contributed by atoms with Gasteiger partial charge in [-0.15, -0.1) is 11.8 Å². The lowest BCUT2D eigenvalue weighted by Crippen LogP contribution is -2.02. The number of rotatable bonds is 3. The van der Waals surface area contributed by atoms with Crippen molar-refractivity contribution in [2.24, 2.45) is 0 Å². The van der Waals surface area contributed by atoms with Crippen LogP contribution in [-0.4, -0.2) is 16.2 Å². The van der Waals surface area contributed by atoms with Crippen LogP contribution in [0.15, 0.2) is 30.3 Å². The third-order valence-electron chi connectivity index (χ3n) is 1.63. The van der Waals surface area contributed by atoms with Crippen LogP contribution in [0, 0.1) is 0 Å². The highest BCUT2D eigenvalue weighted by Gasteiger charge is 2.06. The molecule has 0 aliphatic heterocycles. The van der Waals surface area contributed by atoms with Gasteiger partial charge in [0.05, 0.1) is 10.6 Å². The zero-order valence-corrected chi connectivity index (χ0v) is 8.95. The fourth-order valence-corrected chi connectivity index (χ4v) is 1.34. The number of thiocarbonyl (C=S) groups is 1. The quantitative estimate of drug-likeness (QED) is 0.564. The maximum absolute atomic E-state index is 11.5. The molecule has 13 heavy (non-hydrogen) atoms. The summed E-state index contributed by atoms with van der Waals surface area (Å²) in [4.78, 5) is 11.5. The first-order valence-electron chi connectivity index (χ1n) is 3.89. The molecule has 0 bridgehead atoms. The van der Waals surface area contributed by atoms with Crippen molar-refractivity contribution in [2.75, 3.05) is 6.26 Å². The number of benzene rings is 1. The van der Waals surface area contributed by atoms with Gasteiger partial charge in [-0.2, -0.15) is 0 Å². The highest BCUT2D eigenvalue weighted by molar-refractivity contribution is 8.22. The Morgan fingerprint density at radius 2 is 2.00 bits per heavy atom. The third-order valence-corrected chi connectivity index (χ3v) is 2.87. The van der Waals surface area contributed by atoms with E-state index in [-0.39, 0.29) is 5.78 Å². The Bertz CT molecular complexity index is 306. The van der Waals surface area contributed by atoms with Crippen LogP contribution in [0.3, 0.4) is 0 Å². The van der Waals surface area contributed by atoms with E-state index >= 15 is 0 Å². The molecule has 0 aliphatic carbocycles. The van der Waals surface area contributed by atoms with Gasteiger partial charge in [0.2, 0.25) is 0 Å². The normalized spacial score (nSPS) is 9.62. The van der Waals surface area contributed by atoms with Crippen molar-refractivity contribution in [2.45, 2.75) is 6.42 Å². The Balaban J connectivity index is 2.65. The lowest BCUT2D eigenvalue weighted by atomic mass is 10.1. The highest BCUT2D eigenvalue weighted by atomic mass is 32.2. The van der Waals surface area contributed by atoms with Crippen molar-refractivity contribution >= 4 is 34.0 Å². The summed E-state index contributed by atoms with van der Waals surface area (Å²) in [6, 6.07) is 9.23. The molecule has 0 N–H and O–H groups in total. The van der Waals surface area contributed by atoms with Crippen molar-refractivity contribution in [1.82, 2.24) is 0 Å². The van der Waals surface area contributed by atoms with Gasteiger partial charge in [0.15, 0.2) is 5.78 Å². The molecule has 0 unspecified atom stereocenters. The lowest BCUT2D eigenvalue weighted by molar-refractivity contribution is 0.100. The Morgan fingerprint density at radius 3 is 2.54 bits per heavy atom. The number of Topliss-reactive ketones (excluding diaryl/α,β-unsaturated/α-hetero) is 1. The van der Waals surface area contributed by atoms with E-state index in [1.807, 2.05) is 36.6 Å². The fraction of sp³-hybridized carbons (Fsp3) is 0.200. The molecule has 0 fully saturated rings. The van der Waals surface area contributed by atoms with Crippen LogP contribution in [0.4, 0.5) is 0 Å². The summed E-state index contributed by atoms with van der Waals surface area (Å²) in [5.41, 5.74) is 0.735. The molecule has 1 aromatic carbocycles. The minimum Gasteiger partial charge on any atom is -0.294 e. The summed E-state index contributed by atoms with van der Waals surface area (Å²) in [5.74, 6) is 0.0972. The first kappa shape index (κ1) is 10.4. The van der Waals surface area contributed by atoms with E-state index in [1.54, 1.807) is 0 Å². The molecule has 0 spiro atoms. The van der Waals surface area contributed by atoms with Crippen LogP contribution in [0.2, 0.25) is 0 Å². The molecule has 0 atom stereocenters. The predicted octanol–water partition coefficient (Wildman–Crippen LogP) is 2.95. The van der Waals surface area contributed by atoms with Gasteiger partial charge in [0.25, 0.3) is 0 Å². The summed E-state index contributed by atoms with van der Waals surface area (Å²) < 4.78 is 0.744. The first-order chi connectivity index (χ1) is 6.24. The molecule has 1 rings (SSSR count). The Morgan fingerprint density at radius 1 is 1.38 bits per heavy atom. The topological polar surface area (TPSA) is 17.1 Å². The molecule has 0 aliphatic rings. The zero-order valence-electron chi connectivity index (χ0n) is 7.32. The summed E-state index contributed by atoms with van der Waals surface area (Å²) in [6.45, 7) is 0. The Kier molecular flexibility index (Phi) is 4.12. The second kappa shape index (κ2) is 5.14. The van der Waals surface area contributed by atoms with Gasteiger partial charge in [0.1, 0.15) is 0 Å². The monoisotopic (exact) mass is 210 g/mol. The average molecular weight is 210 g/mol. The van der Waals surface area contributed by atoms with E-state index in [0.29, 0.717) is 6.42 Å². The van der Waals surface area contributed by atoms with Crippen LogP contribution in [0.25, 0.3) is 0 Å². The summed E-state index contributed by atoms with van der Waals surface area (Å²) in [6.07, 6.45) is 2.25. The number of hydrogen-bond donors (Lipinski definition) is 0. The molecule has 3 heteroatoms. The van der Waals surface area contributed by atoms with Gasteiger partial charge >= 0.3 is 0 Å². The molecule has 1 aromatic rings. The fourth-order valence-electron chi connectivity index (χ4n) is 0.929. The highest BCUT2D eigenvalue weighted by Crippen LogP contribution is 2.09. The average Bonchev–Trinajstić information content (AvgIpc) is 2.19. The molecule has 0 radical (unpaired) electrons. The third kappa shape index (κ3) is 3.28. The molecule has 0 aromatic heterocycles. The maximum atomic E-state index is 11.5. The van der Waals surface area contributed by atoms with Crippen molar-refractivity contribution in [3.05, 3.63) is 35.9 Å². The van der Waals surface area contributed by atoms with E-state index in [4.69, 9.17) is 12.2 Å². The van der Waals surface area contributed by atoms with Gasteiger partial charge in [0, 0.05) is 5.56 Å². The van der Waals surface area contributed by atoms with E-state index in [9.17, 15) is 4.79 Å². The van der Waals surface area contributed by atoms with E-state index in [1.165, 1.54) is 11.8 Å². The number of hydrogen-bond acceptors (Lipinski definition) is 3. The van der Waals surface area contributed by atoms with Gasteiger partial charge in [-0.1, -0.05) is 42.5 Å². The molecule has 68 valence electrons. The minimum absolute atomic E-state index is 0.0972. The summed E-state index contributed by atoms with van der Waals surface area (Å²) >= 11 is 6.43. The van der Waals surface area contributed by atoms with E-state index in [0.717, 1.165) is 9.76 Å². The van der Waals surface area contributed by atoms with Gasteiger partial charge in [-0.25, -0.2) is 0 Å². The number of ketones is 1. The molecule has 0 saturated carbocycles. The van der Waals surface area contributed by atoms with Crippen molar-refractivity contribution < 1.29 is 4.79 Å². The predicted molar refractivity (Wildman–Crippen MR) is 61.5 cm³/mol. The SMILES string of the molecule is CSC(=S)CC(=O)c1ccccc1. The first-order valence-corrected chi connectivity index (χ1v) is 5.52. The van der Waals surface area contributed by atoms with E-state index in [2.05, 4.69) is 0 Å². The van der Waals surface area contributed by atoms with Crippen molar-refractivity contribution in [3.8, 4) is 0 Å². The lowest BCUT2D eigenvalue weighted by Gasteiger charge is -1.99.